The maximum atomic E-state index is 6.16. The van der Waals surface area contributed by atoms with E-state index in [1.165, 1.54) is 22.3 Å². The molecule has 5 rings (SSSR count). The van der Waals surface area contributed by atoms with Crippen molar-refractivity contribution in [3.63, 3.8) is 0 Å². The molecule has 2 heterocycles. The molecule has 2 aliphatic heterocycles. The Labute approximate surface area is 217 Å². The average Bonchev–Trinajstić information content (AvgIpc) is 3.33. The number of benzene rings is 2. The molecule has 0 unspecified atom stereocenters. The molecule has 0 saturated carbocycles. The highest BCUT2D eigenvalue weighted by molar-refractivity contribution is 6.04. The van der Waals surface area contributed by atoms with E-state index in [9.17, 15) is 0 Å². The molecule has 37 heavy (non-hydrogen) atoms. The van der Waals surface area contributed by atoms with Crippen LogP contribution in [-0.2, 0) is 15.9 Å². The summed E-state index contributed by atoms with van der Waals surface area (Å²) in [5.41, 5.74) is 21.0. The van der Waals surface area contributed by atoms with Crippen molar-refractivity contribution in [3.8, 4) is 11.1 Å². The van der Waals surface area contributed by atoms with Gasteiger partial charge in [0, 0.05) is 31.7 Å². The highest BCUT2D eigenvalue weighted by Gasteiger charge is 2.23. The Balaban J connectivity index is 1.34. The zero-order chi connectivity index (χ0) is 25.8. The zero-order valence-electron chi connectivity index (χ0n) is 21.5. The summed E-state index contributed by atoms with van der Waals surface area (Å²) in [6.45, 7) is 9.49. The lowest BCUT2D eigenvalue weighted by molar-refractivity contribution is 0.0674. The smallest absolute Gasteiger partial charge is 0.216 e. The number of morpholine rings is 2. The fourth-order valence-electron chi connectivity index (χ4n) is 4.86. The molecular weight excluding hydrogens is 468 g/mol. The Morgan fingerprint density at radius 3 is 1.95 bits per heavy atom. The zero-order valence-corrected chi connectivity index (χ0v) is 21.5. The molecule has 2 aromatic carbocycles. The molecule has 2 fully saturated rings. The van der Waals surface area contributed by atoms with Gasteiger partial charge in [0.25, 0.3) is 0 Å². The third kappa shape index (κ3) is 5.50. The third-order valence-electron chi connectivity index (χ3n) is 7.02. The first-order valence-corrected chi connectivity index (χ1v) is 12.7. The number of nitrogens with zero attached hydrogens (tertiary/aromatic N) is 6. The summed E-state index contributed by atoms with van der Waals surface area (Å²) in [5.74, 6) is 0.849. The highest BCUT2D eigenvalue weighted by atomic mass is 16.5. The van der Waals surface area contributed by atoms with Crippen molar-refractivity contribution in [2.75, 3.05) is 52.6 Å². The fraction of sp³-hybridized carbons (Fsp3) is 0.407. The lowest BCUT2D eigenvalue weighted by atomic mass is 9.98. The number of ether oxygens (including phenoxy) is 2. The Hall–Kier alpha value is -3.76. The van der Waals surface area contributed by atoms with Crippen LogP contribution in [0.5, 0.6) is 0 Å². The van der Waals surface area contributed by atoms with Gasteiger partial charge in [0.2, 0.25) is 11.9 Å². The van der Waals surface area contributed by atoms with Gasteiger partial charge in [0.1, 0.15) is 0 Å². The van der Waals surface area contributed by atoms with Crippen molar-refractivity contribution >= 4 is 23.3 Å². The lowest BCUT2D eigenvalue weighted by Gasteiger charge is -2.26. The Morgan fingerprint density at radius 2 is 1.32 bits per heavy atom. The molecule has 0 spiro atoms. The minimum atomic E-state index is 0.424. The Bertz CT molecular complexity index is 1270. The number of rotatable bonds is 4. The van der Waals surface area contributed by atoms with Crippen molar-refractivity contribution in [1.29, 1.82) is 0 Å². The normalized spacial score (nSPS) is 19.2. The molecule has 0 radical (unpaired) electrons. The summed E-state index contributed by atoms with van der Waals surface area (Å²) in [6.07, 6.45) is 0.816. The van der Waals surface area contributed by atoms with Crippen LogP contribution in [0.15, 0.2) is 56.8 Å². The molecule has 0 bridgehead atoms. The maximum absolute atomic E-state index is 6.16. The van der Waals surface area contributed by atoms with E-state index in [1.54, 1.807) is 0 Å². The topological polar surface area (TPSA) is 126 Å². The van der Waals surface area contributed by atoms with Crippen molar-refractivity contribution in [2.45, 2.75) is 20.3 Å². The number of fused-ring (bicyclic) bond motifs is 3. The van der Waals surface area contributed by atoms with Crippen LogP contribution in [-0.4, -0.2) is 85.7 Å². The van der Waals surface area contributed by atoms with Crippen LogP contribution in [0.2, 0.25) is 0 Å². The Morgan fingerprint density at radius 1 is 0.730 bits per heavy atom. The highest BCUT2D eigenvalue weighted by Crippen LogP contribution is 2.39. The summed E-state index contributed by atoms with van der Waals surface area (Å²) in [6, 6.07) is 12.8. The van der Waals surface area contributed by atoms with Gasteiger partial charge in [0.05, 0.1) is 37.9 Å². The van der Waals surface area contributed by atoms with E-state index >= 15 is 0 Å². The van der Waals surface area contributed by atoms with Gasteiger partial charge < -0.3 is 30.7 Å². The first kappa shape index (κ1) is 24.9. The largest absolute Gasteiger partial charge is 0.378 e. The van der Waals surface area contributed by atoms with Crippen LogP contribution in [0.25, 0.3) is 11.1 Å². The number of guanidine groups is 2. The second kappa shape index (κ2) is 11.1. The number of hydrogen-bond donors (Lipinski definition) is 2. The summed E-state index contributed by atoms with van der Waals surface area (Å²) >= 11 is 0. The van der Waals surface area contributed by atoms with Gasteiger partial charge in [-0.05, 0) is 54.2 Å². The van der Waals surface area contributed by atoms with Crippen molar-refractivity contribution in [3.05, 3.63) is 58.7 Å². The maximum Gasteiger partial charge on any atom is 0.216 e. The van der Waals surface area contributed by atoms with Crippen LogP contribution in [0.4, 0.5) is 0 Å². The predicted octanol–water partition coefficient (Wildman–Crippen LogP) is 2.00. The lowest BCUT2D eigenvalue weighted by Crippen LogP contribution is -2.44. The van der Waals surface area contributed by atoms with E-state index in [4.69, 9.17) is 20.9 Å². The molecule has 1 aliphatic carbocycles. The molecule has 3 aliphatic rings. The molecule has 4 N–H and O–H groups in total. The molecule has 0 atom stereocenters. The summed E-state index contributed by atoms with van der Waals surface area (Å²) in [4.78, 5) is 3.99. The van der Waals surface area contributed by atoms with Gasteiger partial charge in [-0.1, -0.05) is 30.3 Å². The van der Waals surface area contributed by atoms with E-state index in [1.807, 2.05) is 23.6 Å². The standard InChI is InChI=1S/C27H34N8O2/c1-18(30-32-26(28)34-8-12-36-13-9-34)20-6-7-23-21(16-20)17-25-22(4-3-5-24(23)25)19(2)31-33-27(29)35-10-14-37-15-11-35/h3-7,16H,8-15,17H2,1-2H3,(H2,28,32)(H2,29,33). The van der Waals surface area contributed by atoms with Gasteiger partial charge in [-0.15, -0.1) is 10.2 Å². The summed E-state index contributed by atoms with van der Waals surface area (Å²) in [7, 11) is 0. The first-order valence-electron chi connectivity index (χ1n) is 12.7. The van der Waals surface area contributed by atoms with Crippen molar-refractivity contribution in [2.24, 2.45) is 31.9 Å². The van der Waals surface area contributed by atoms with Gasteiger partial charge in [-0.25, -0.2) is 0 Å². The minimum Gasteiger partial charge on any atom is -0.378 e. The molecule has 194 valence electrons. The van der Waals surface area contributed by atoms with Crippen LogP contribution < -0.4 is 11.5 Å². The van der Waals surface area contributed by atoms with E-state index < -0.39 is 0 Å². The van der Waals surface area contributed by atoms with Crippen LogP contribution >= 0.6 is 0 Å². The van der Waals surface area contributed by atoms with E-state index in [0.29, 0.717) is 38.3 Å². The minimum absolute atomic E-state index is 0.424. The van der Waals surface area contributed by atoms with Crippen LogP contribution in [0.1, 0.15) is 36.1 Å². The first-order chi connectivity index (χ1) is 18.0. The molecule has 0 aromatic heterocycles. The molecule has 10 heteroatoms. The third-order valence-corrected chi connectivity index (χ3v) is 7.02. The van der Waals surface area contributed by atoms with Crippen molar-refractivity contribution in [1.82, 2.24) is 9.80 Å². The van der Waals surface area contributed by atoms with Gasteiger partial charge >= 0.3 is 0 Å². The number of hydrogen-bond acceptors (Lipinski definition) is 6. The SMILES string of the molecule is CC(=NN=C(N)N1CCOCC1)c1ccc2c(c1)Cc1c(C(C)=NN=C(N)N3CCOCC3)cccc1-2. The van der Waals surface area contributed by atoms with E-state index in [-0.39, 0.29) is 0 Å². The second-order valence-electron chi connectivity index (χ2n) is 9.37. The van der Waals surface area contributed by atoms with Gasteiger partial charge in [-0.3, -0.25) is 0 Å². The van der Waals surface area contributed by atoms with E-state index in [0.717, 1.165) is 55.2 Å². The molecule has 2 saturated heterocycles. The van der Waals surface area contributed by atoms with Crippen molar-refractivity contribution < 1.29 is 9.47 Å². The summed E-state index contributed by atoms with van der Waals surface area (Å²) in [5, 5.41) is 17.5. The predicted molar refractivity (Wildman–Crippen MR) is 147 cm³/mol. The molecule has 2 aromatic rings. The molecule has 0 amide bonds. The van der Waals surface area contributed by atoms with E-state index in [2.05, 4.69) is 56.8 Å². The Kier molecular flexibility index (Phi) is 7.47. The van der Waals surface area contributed by atoms with Crippen LogP contribution in [0, 0.1) is 0 Å². The molecular formula is C27H34N8O2. The number of nitrogens with two attached hydrogens (primary N) is 2. The van der Waals surface area contributed by atoms with Gasteiger partial charge in [0.15, 0.2) is 0 Å². The summed E-state index contributed by atoms with van der Waals surface area (Å²) < 4.78 is 10.8. The average molecular weight is 503 g/mol. The van der Waals surface area contributed by atoms with Crippen LogP contribution in [0.3, 0.4) is 0 Å². The second-order valence-corrected chi connectivity index (χ2v) is 9.37. The molecule has 10 nitrogen and oxygen atoms in total. The van der Waals surface area contributed by atoms with Gasteiger partial charge in [-0.2, -0.15) is 10.2 Å². The fourth-order valence-corrected chi connectivity index (χ4v) is 4.86. The monoisotopic (exact) mass is 502 g/mol. The quantitative estimate of drug-likeness (QED) is 0.319.